The van der Waals surface area contributed by atoms with Gasteiger partial charge < -0.3 is 4.74 Å². The predicted octanol–water partition coefficient (Wildman–Crippen LogP) is 7.53. The summed E-state index contributed by atoms with van der Waals surface area (Å²) in [5, 5.41) is 0. The molecule has 0 amide bonds. The molecule has 0 spiro atoms. The van der Waals surface area contributed by atoms with E-state index in [1.807, 2.05) is 6.08 Å². The van der Waals surface area contributed by atoms with Crippen LogP contribution in [0.15, 0.2) is 12.3 Å². The number of hydrogen-bond donors (Lipinski definition) is 0. The van der Waals surface area contributed by atoms with Crippen molar-refractivity contribution in [2.45, 2.75) is 116 Å². The van der Waals surface area contributed by atoms with Gasteiger partial charge in [-0.1, -0.05) is 103 Å². The molecular weight excluding hydrogens is 296 g/mol. The summed E-state index contributed by atoms with van der Waals surface area (Å²) in [7, 11) is 0. The normalized spacial score (nSPS) is 11.2. The lowest BCUT2D eigenvalue weighted by atomic mass is 10.0. The molecule has 0 rings (SSSR count). The van der Waals surface area contributed by atoms with E-state index in [9.17, 15) is 4.79 Å². The standard InChI is InChI=1S/C22H41O2/c1-3-4-5-6-7-8-9-10-11-12-13-14-15-16-17-18-19-20-21-24-22(2)23/h20-21H,1,3-19H2,2H3. The fourth-order valence-corrected chi connectivity index (χ4v) is 2.95. The molecule has 0 aromatic heterocycles. The van der Waals surface area contributed by atoms with Crippen LogP contribution in [0.25, 0.3) is 0 Å². The van der Waals surface area contributed by atoms with Crippen molar-refractivity contribution in [3.63, 3.8) is 0 Å². The molecule has 0 aliphatic rings. The summed E-state index contributed by atoms with van der Waals surface area (Å²) in [6, 6.07) is 0. The highest BCUT2D eigenvalue weighted by Crippen LogP contribution is 2.14. The van der Waals surface area contributed by atoms with Crippen molar-refractivity contribution in [3.8, 4) is 0 Å². The van der Waals surface area contributed by atoms with Gasteiger partial charge in [0, 0.05) is 6.92 Å². The summed E-state index contributed by atoms with van der Waals surface area (Å²) in [6.07, 6.45) is 26.3. The zero-order valence-electron chi connectivity index (χ0n) is 16.2. The third-order valence-electron chi connectivity index (χ3n) is 4.45. The molecular formula is C22H41O2. The minimum Gasteiger partial charge on any atom is -0.435 e. The fourth-order valence-electron chi connectivity index (χ4n) is 2.95. The highest BCUT2D eigenvalue weighted by atomic mass is 16.5. The zero-order chi connectivity index (χ0) is 17.7. The van der Waals surface area contributed by atoms with Crippen LogP contribution in [-0.2, 0) is 9.53 Å². The van der Waals surface area contributed by atoms with Crippen molar-refractivity contribution in [2.24, 2.45) is 0 Å². The van der Waals surface area contributed by atoms with Gasteiger partial charge in [0.15, 0.2) is 0 Å². The number of carbonyl (C=O) groups is 1. The minimum absolute atomic E-state index is 0.240. The monoisotopic (exact) mass is 337 g/mol. The lowest BCUT2D eigenvalue weighted by Gasteiger charge is -2.03. The minimum atomic E-state index is -0.240. The maximum Gasteiger partial charge on any atom is 0.307 e. The van der Waals surface area contributed by atoms with Crippen LogP contribution >= 0.6 is 0 Å². The van der Waals surface area contributed by atoms with Crippen molar-refractivity contribution in [1.82, 2.24) is 0 Å². The Morgan fingerprint density at radius 1 is 0.708 bits per heavy atom. The first kappa shape index (κ1) is 23.2. The molecule has 0 bridgehead atoms. The van der Waals surface area contributed by atoms with Gasteiger partial charge in [0.1, 0.15) is 0 Å². The van der Waals surface area contributed by atoms with E-state index in [1.54, 1.807) is 0 Å². The number of ether oxygens (including phenoxy) is 1. The third kappa shape index (κ3) is 21.2. The van der Waals surface area contributed by atoms with Gasteiger partial charge in [0.05, 0.1) is 6.26 Å². The second-order valence-corrected chi connectivity index (χ2v) is 6.93. The van der Waals surface area contributed by atoms with E-state index in [4.69, 9.17) is 4.74 Å². The molecule has 141 valence electrons. The Hall–Kier alpha value is -0.790. The Morgan fingerprint density at radius 3 is 1.46 bits per heavy atom. The summed E-state index contributed by atoms with van der Waals surface area (Å²) >= 11 is 0. The molecule has 0 saturated heterocycles. The van der Waals surface area contributed by atoms with Gasteiger partial charge in [-0.25, -0.2) is 0 Å². The van der Waals surface area contributed by atoms with Crippen LogP contribution in [-0.4, -0.2) is 5.97 Å². The van der Waals surface area contributed by atoms with Gasteiger partial charge >= 0.3 is 5.97 Å². The number of carbonyl (C=O) groups excluding carboxylic acids is 1. The summed E-state index contributed by atoms with van der Waals surface area (Å²) in [6.45, 7) is 5.32. The number of esters is 1. The summed E-state index contributed by atoms with van der Waals surface area (Å²) in [5.74, 6) is -0.240. The lowest BCUT2D eigenvalue weighted by molar-refractivity contribution is -0.135. The van der Waals surface area contributed by atoms with E-state index in [1.165, 1.54) is 109 Å². The van der Waals surface area contributed by atoms with Crippen LogP contribution in [0.1, 0.15) is 116 Å². The van der Waals surface area contributed by atoms with Crippen LogP contribution in [0.3, 0.4) is 0 Å². The van der Waals surface area contributed by atoms with Crippen molar-refractivity contribution >= 4 is 5.97 Å². The second kappa shape index (κ2) is 20.3. The number of hydrogen-bond acceptors (Lipinski definition) is 2. The van der Waals surface area contributed by atoms with Crippen LogP contribution in [0, 0.1) is 6.92 Å². The summed E-state index contributed by atoms with van der Waals surface area (Å²) in [5.41, 5.74) is 0. The lowest BCUT2D eigenvalue weighted by Crippen LogP contribution is -1.89. The van der Waals surface area contributed by atoms with E-state index in [0.29, 0.717) is 0 Å². The number of allylic oxidation sites excluding steroid dienone is 1. The maximum atomic E-state index is 10.6. The van der Waals surface area contributed by atoms with Gasteiger partial charge in [-0.2, -0.15) is 0 Å². The Kier molecular flexibility index (Phi) is 19.6. The quantitative estimate of drug-likeness (QED) is 0.147. The van der Waals surface area contributed by atoms with Crippen LogP contribution in [0.5, 0.6) is 0 Å². The topological polar surface area (TPSA) is 26.3 Å². The van der Waals surface area contributed by atoms with Gasteiger partial charge in [-0.3, -0.25) is 4.79 Å². The molecule has 0 aromatic carbocycles. The molecule has 24 heavy (non-hydrogen) atoms. The predicted molar refractivity (Wildman–Crippen MR) is 105 cm³/mol. The van der Waals surface area contributed by atoms with Gasteiger partial charge in [-0.15, -0.1) is 0 Å². The van der Waals surface area contributed by atoms with Gasteiger partial charge in [0.2, 0.25) is 0 Å². The molecule has 0 saturated carbocycles. The first-order valence-corrected chi connectivity index (χ1v) is 10.4. The molecule has 0 unspecified atom stereocenters. The Morgan fingerprint density at radius 2 is 1.08 bits per heavy atom. The highest BCUT2D eigenvalue weighted by molar-refractivity contribution is 5.66. The molecule has 0 aliphatic heterocycles. The van der Waals surface area contributed by atoms with Crippen LogP contribution < -0.4 is 0 Å². The van der Waals surface area contributed by atoms with Crippen molar-refractivity contribution in [2.75, 3.05) is 0 Å². The van der Waals surface area contributed by atoms with Crippen LogP contribution in [0.2, 0.25) is 0 Å². The molecule has 1 radical (unpaired) electrons. The van der Waals surface area contributed by atoms with E-state index in [0.717, 1.165) is 12.8 Å². The number of unbranched alkanes of at least 4 members (excludes halogenated alkanes) is 16. The molecule has 0 aliphatic carbocycles. The Labute approximate surface area is 151 Å². The van der Waals surface area contributed by atoms with Crippen LogP contribution in [0.4, 0.5) is 0 Å². The molecule has 2 heteroatoms. The van der Waals surface area contributed by atoms with E-state index in [-0.39, 0.29) is 5.97 Å². The fraction of sp³-hybridized carbons (Fsp3) is 0.818. The van der Waals surface area contributed by atoms with E-state index in [2.05, 4.69) is 6.92 Å². The largest absolute Gasteiger partial charge is 0.435 e. The van der Waals surface area contributed by atoms with Crippen molar-refractivity contribution < 1.29 is 9.53 Å². The summed E-state index contributed by atoms with van der Waals surface area (Å²) < 4.78 is 4.75. The maximum absolute atomic E-state index is 10.6. The smallest absolute Gasteiger partial charge is 0.307 e. The molecule has 0 heterocycles. The third-order valence-corrected chi connectivity index (χ3v) is 4.45. The summed E-state index contributed by atoms with van der Waals surface area (Å²) in [4.78, 5) is 10.6. The second-order valence-electron chi connectivity index (χ2n) is 6.93. The van der Waals surface area contributed by atoms with Gasteiger partial charge in [-0.05, 0) is 18.9 Å². The Bertz CT molecular complexity index is 284. The van der Waals surface area contributed by atoms with Crippen molar-refractivity contribution in [1.29, 1.82) is 0 Å². The van der Waals surface area contributed by atoms with E-state index < -0.39 is 0 Å². The highest BCUT2D eigenvalue weighted by Gasteiger charge is 1.94. The Balaban J connectivity index is 3.02. The molecule has 0 N–H and O–H groups in total. The molecule has 0 atom stereocenters. The van der Waals surface area contributed by atoms with E-state index >= 15 is 0 Å². The molecule has 2 nitrogen and oxygen atoms in total. The average molecular weight is 338 g/mol. The SMILES string of the molecule is [CH2]CCCCCCCCCCCCCCCCCC=COC(C)=O. The first-order valence-electron chi connectivity index (χ1n) is 10.4. The molecule has 0 fully saturated rings. The first-order chi connectivity index (χ1) is 11.8. The number of rotatable bonds is 18. The van der Waals surface area contributed by atoms with Gasteiger partial charge in [0.25, 0.3) is 0 Å². The zero-order valence-corrected chi connectivity index (χ0v) is 16.2. The van der Waals surface area contributed by atoms with Crippen molar-refractivity contribution in [3.05, 3.63) is 19.3 Å². The molecule has 0 aromatic rings. The average Bonchev–Trinajstić information content (AvgIpc) is 2.56.